The maximum atomic E-state index is 10.8. The van der Waals surface area contributed by atoms with Crippen molar-refractivity contribution in [3.05, 3.63) is 24.2 Å². The van der Waals surface area contributed by atoms with Crippen molar-refractivity contribution >= 4 is 5.97 Å². The molecule has 0 amide bonds. The first-order valence-electron chi connectivity index (χ1n) is 6.48. The molecule has 19 heavy (non-hydrogen) atoms. The largest absolute Gasteiger partial charge is 0.573 e. The predicted molar refractivity (Wildman–Crippen MR) is 74.4 cm³/mol. The van der Waals surface area contributed by atoms with Crippen molar-refractivity contribution in [1.29, 1.82) is 0 Å². The summed E-state index contributed by atoms with van der Waals surface area (Å²) in [5, 5.41) is 0. The monoisotopic (exact) mass is 421 g/mol. The fraction of sp³-hybridized carbons (Fsp3) is 0.667. The first-order valence-corrected chi connectivity index (χ1v) is 6.48. The van der Waals surface area contributed by atoms with Gasteiger partial charge in [-0.15, -0.1) is 0 Å². The van der Waals surface area contributed by atoms with Crippen LogP contribution in [-0.4, -0.2) is 11.6 Å². The molecule has 0 aliphatic rings. The third-order valence-corrected chi connectivity index (χ3v) is 1.47. The van der Waals surface area contributed by atoms with Crippen molar-refractivity contribution < 1.29 is 51.3 Å². The third kappa shape index (κ3) is 20.5. The van der Waals surface area contributed by atoms with Crippen LogP contribution >= 0.6 is 0 Å². The van der Waals surface area contributed by atoms with Crippen molar-refractivity contribution in [3.63, 3.8) is 0 Å². The summed E-state index contributed by atoms with van der Waals surface area (Å²) in [7, 11) is 0. The van der Waals surface area contributed by atoms with Crippen LogP contribution in [0.4, 0.5) is 0 Å². The molecule has 0 radical (unpaired) electrons. The molecule has 0 fully saturated rings. The first kappa shape index (κ1) is 24.0. The van der Waals surface area contributed by atoms with Crippen molar-refractivity contribution in [1.82, 2.24) is 0 Å². The zero-order valence-electron chi connectivity index (χ0n) is 13.1. The maximum Gasteiger partial charge on any atom is 0.306 e. The van der Waals surface area contributed by atoms with Gasteiger partial charge in [0.1, 0.15) is 5.60 Å². The number of rotatable bonds is 2. The van der Waals surface area contributed by atoms with Gasteiger partial charge in [0.15, 0.2) is 0 Å². The number of carbonyl (C=O) groups excluding carboxylic acids is 1. The average Bonchev–Trinajstić information content (AvgIpc) is 2.71. The minimum absolute atomic E-state index is 0. The van der Waals surface area contributed by atoms with E-state index in [1.807, 2.05) is 48.5 Å². The van der Waals surface area contributed by atoms with Crippen LogP contribution < -0.4 is 0 Å². The van der Waals surface area contributed by atoms with E-state index in [0.717, 1.165) is 12.2 Å². The molecule has 0 N–H and O–H groups in total. The minimum atomic E-state index is -0.327. The molecule has 0 saturated heterocycles. The Morgan fingerprint density at radius 3 is 2.11 bits per heavy atom. The van der Waals surface area contributed by atoms with E-state index in [1.165, 1.54) is 0 Å². The second-order valence-corrected chi connectivity index (χ2v) is 4.46. The van der Waals surface area contributed by atoms with Crippen molar-refractivity contribution in [2.24, 2.45) is 0 Å². The molecular weight excluding hydrogens is 395 g/mol. The van der Waals surface area contributed by atoms with Crippen LogP contribution in [0.15, 0.2) is 16.7 Å². The van der Waals surface area contributed by atoms with Gasteiger partial charge in [0.2, 0.25) is 0 Å². The van der Waals surface area contributed by atoms with Gasteiger partial charge in [0.05, 0.1) is 0 Å². The van der Waals surface area contributed by atoms with Crippen LogP contribution in [0.1, 0.15) is 60.1 Å². The standard InChI is InChI=1S/C8H16O2.C5H5O.C2H6.Er/c1-5-6-7(9)10-8(2,3)4;1-5-3-2-4-6-5;1-2;/h5-6H2,1-4H3;2,4H,1H3;1-2H3;/q;-1;;. The quantitative estimate of drug-likeness (QED) is 0.519. The molecule has 118 valence electrons. The summed E-state index contributed by atoms with van der Waals surface area (Å²) in [5.74, 6) is 0.741. The number of hydrogen-bond acceptors (Lipinski definition) is 3. The van der Waals surface area contributed by atoms with Gasteiger partial charge in [-0.25, -0.2) is 6.07 Å². The van der Waals surface area contributed by atoms with E-state index < -0.39 is 0 Å². The summed E-state index contributed by atoms with van der Waals surface area (Å²) in [6.07, 6.45) is 2.99. The second kappa shape index (κ2) is 14.4. The molecule has 0 unspecified atom stereocenters. The van der Waals surface area contributed by atoms with E-state index in [4.69, 9.17) is 9.15 Å². The topological polar surface area (TPSA) is 39.4 Å². The van der Waals surface area contributed by atoms with Gasteiger partial charge >= 0.3 is 5.97 Å². The number of esters is 1. The Bertz CT molecular complexity index is 287. The number of furan rings is 1. The van der Waals surface area contributed by atoms with Gasteiger partial charge in [-0.2, -0.15) is 6.07 Å². The van der Waals surface area contributed by atoms with Crippen LogP contribution in [0, 0.1) is 50.3 Å². The fourth-order valence-electron chi connectivity index (χ4n) is 0.918. The smallest absolute Gasteiger partial charge is 0.306 e. The Morgan fingerprint density at radius 1 is 1.37 bits per heavy atom. The Labute approximate surface area is 147 Å². The van der Waals surface area contributed by atoms with Crippen LogP contribution in [0.25, 0.3) is 0 Å². The molecule has 1 aromatic heterocycles. The molecule has 0 aliphatic carbocycles. The number of carbonyl (C=O) groups is 1. The zero-order valence-corrected chi connectivity index (χ0v) is 14.9. The Hall–Kier alpha value is -0.00325. The Morgan fingerprint density at radius 2 is 1.89 bits per heavy atom. The SMILES string of the molecule is CC.CCCC(=O)OC(C)(C)C.Cc1[c-]cco1.[Er]. The summed E-state index contributed by atoms with van der Waals surface area (Å²) in [6.45, 7) is 13.4. The second-order valence-electron chi connectivity index (χ2n) is 4.46. The summed E-state index contributed by atoms with van der Waals surface area (Å²) >= 11 is 0. The van der Waals surface area contributed by atoms with Gasteiger partial charge in [0.25, 0.3) is 0 Å². The van der Waals surface area contributed by atoms with Gasteiger partial charge < -0.3 is 9.15 Å². The predicted octanol–water partition coefficient (Wildman–Crippen LogP) is 4.54. The van der Waals surface area contributed by atoms with E-state index in [-0.39, 0.29) is 48.9 Å². The van der Waals surface area contributed by atoms with Crippen molar-refractivity contribution in [2.75, 3.05) is 0 Å². The van der Waals surface area contributed by atoms with Gasteiger partial charge in [-0.05, 0) is 39.9 Å². The van der Waals surface area contributed by atoms with E-state index in [0.29, 0.717) is 6.42 Å². The van der Waals surface area contributed by atoms with Gasteiger partial charge in [0, 0.05) is 43.7 Å². The Balaban J connectivity index is -0.000000243. The normalized spacial score (nSPS) is 9.00. The fourth-order valence-corrected chi connectivity index (χ4v) is 0.918. The molecule has 0 bridgehead atoms. The molecule has 1 rings (SSSR count). The molecule has 0 aliphatic heterocycles. The summed E-state index contributed by atoms with van der Waals surface area (Å²) in [5.41, 5.74) is -0.327. The molecule has 0 saturated carbocycles. The molecule has 0 spiro atoms. The van der Waals surface area contributed by atoms with Gasteiger partial charge in [-0.3, -0.25) is 4.79 Å². The molecule has 4 heteroatoms. The van der Waals surface area contributed by atoms with Crippen LogP contribution in [-0.2, 0) is 9.53 Å². The van der Waals surface area contributed by atoms with E-state index >= 15 is 0 Å². The number of aryl methyl sites for hydroxylation is 1. The Kier molecular flexibility index (Phi) is 18.2. The van der Waals surface area contributed by atoms with Crippen LogP contribution in [0.5, 0.6) is 0 Å². The van der Waals surface area contributed by atoms with Gasteiger partial charge in [-0.1, -0.05) is 27.0 Å². The average molecular weight is 423 g/mol. The molecule has 1 aromatic rings. The maximum absolute atomic E-state index is 10.8. The summed E-state index contributed by atoms with van der Waals surface area (Å²) < 4.78 is 9.82. The van der Waals surface area contributed by atoms with Crippen molar-refractivity contribution in [3.8, 4) is 0 Å². The number of hydrogen-bond donors (Lipinski definition) is 0. The summed E-state index contributed by atoms with van der Waals surface area (Å²) in [6, 6.07) is 4.58. The molecule has 1 heterocycles. The minimum Gasteiger partial charge on any atom is -0.573 e. The summed E-state index contributed by atoms with van der Waals surface area (Å²) in [4.78, 5) is 10.8. The molecule has 0 atom stereocenters. The van der Waals surface area contributed by atoms with Crippen LogP contribution in [0.3, 0.4) is 0 Å². The molecule has 3 nitrogen and oxygen atoms in total. The van der Waals surface area contributed by atoms with E-state index in [2.05, 4.69) is 6.07 Å². The van der Waals surface area contributed by atoms with Crippen molar-refractivity contribution in [2.45, 2.75) is 66.9 Å². The van der Waals surface area contributed by atoms with E-state index in [9.17, 15) is 4.79 Å². The first-order chi connectivity index (χ1) is 8.35. The zero-order chi connectivity index (χ0) is 14.6. The molecular formula is C15H27ErO3-. The molecule has 0 aromatic carbocycles. The third-order valence-electron chi connectivity index (χ3n) is 1.47. The number of ether oxygens (including phenoxy) is 1. The van der Waals surface area contributed by atoms with E-state index in [1.54, 1.807) is 12.3 Å². The van der Waals surface area contributed by atoms with Crippen LogP contribution in [0.2, 0.25) is 0 Å².